The van der Waals surface area contributed by atoms with Gasteiger partial charge in [0.25, 0.3) is 11.5 Å². The van der Waals surface area contributed by atoms with E-state index in [1.807, 2.05) is 0 Å². The molecule has 7 heteroatoms. The van der Waals surface area contributed by atoms with Gasteiger partial charge in [0.15, 0.2) is 0 Å². The van der Waals surface area contributed by atoms with Crippen LogP contribution in [0.1, 0.15) is 18.4 Å². The molecule has 6 nitrogen and oxygen atoms in total. The predicted molar refractivity (Wildman–Crippen MR) is 78.2 cm³/mol. The number of amides is 1. The van der Waals surface area contributed by atoms with Crippen LogP contribution in [0, 0.1) is 6.92 Å². The predicted octanol–water partition coefficient (Wildman–Crippen LogP) is -0.174. The molecular weight excluding hydrogens is 257 g/mol. The Bertz CT molecular complexity index is 558. The van der Waals surface area contributed by atoms with Crippen molar-refractivity contribution < 1.29 is 9.82 Å². The van der Waals surface area contributed by atoms with E-state index < -0.39 is 7.05 Å². The van der Waals surface area contributed by atoms with E-state index >= 15 is 0 Å². The zero-order valence-electron chi connectivity index (χ0n) is 12.1. The standard InChI is InChI=1S/C13H20BN3O3/c1-10-6-4-9-17(12(10)18)15(3)13(19)11-7-5-8-16(11)14(2)20/h4,6,9,11,20H,5,7-8H2,1-3H3. The summed E-state index contributed by atoms with van der Waals surface area (Å²) in [5, 5.41) is 11.0. The highest BCUT2D eigenvalue weighted by Crippen LogP contribution is 2.19. The van der Waals surface area contributed by atoms with E-state index in [2.05, 4.69) is 0 Å². The fraction of sp³-hybridized carbons (Fsp3) is 0.538. The van der Waals surface area contributed by atoms with Crippen molar-refractivity contribution in [1.29, 1.82) is 0 Å². The molecule has 1 saturated heterocycles. The van der Waals surface area contributed by atoms with Gasteiger partial charge in [-0.1, -0.05) is 6.07 Å². The molecule has 1 aliphatic rings. The normalized spacial score (nSPS) is 19.1. The second kappa shape index (κ2) is 5.81. The van der Waals surface area contributed by atoms with E-state index in [1.165, 1.54) is 9.69 Å². The summed E-state index contributed by atoms with van der Waals surface area (Å²) in [4.78, 5) is 26.4. The van der Waals surface area contributed by atoms with Gasteiger partial charge >= 0.3 is 7.05 Å². The van der Waals surface area contributed by atoms with Crippen LogP contribution < -0.4 is 10.6 Å². The molecule has 0 aromatic carbocycles. The minimum Gasteiger partial charge on any atom is -0.437 e. The first-order valence-corrected chi connectivity index (χ1v) is 6.83. The van der Waals surface area contributed by atoms with E-state index in [4.69, 9.17) is 0 Å². The minimum absolute atomic E-state index is 0.170. The molecule has 1 aliphatic heterocycles. The van der Waals surface area contributed by atoms with Crippen molar-refractivity contribution in [3.63, 3.8) is 0 Å². The first kappa shape index (κ1) is 14.8. The summed E-state index contributed by atoms with van der Waals surface area (Å²) in [6, 6.07) is 3.09. The Hall–Kier alpha value is -1.60. The second-order valence-electron chi connectivity index (χ2n) is 5.23. The van der Waals surface area contributed by atoms with E-state index in [1.54, 1.807) is 43.9 Å². The van der Waals surface area contributed by atoms with E-state index in [0.29, 0.717) is 18.5 Å². The van der Waals surface area contributed by atoms with Crippen LogP contribution >= 0.6 is 0 Å². The second-order valence-corrected chi connectivity index (χ2v) is 5.23. The van der Waals surface area contributed by atoms with Gasteiger partial charge in [0.05, 0.1) is 6.04 Å². The topological polar surface area (TPSA) is 65.8 Å². The quantitative estimate of drug-likeness (QED) is 0.779. The van der Waals surface area contributed by atoms with Crippen molar-refractivity contribution in [2.45, 2.75) is 32.6 Å². The summed E-state index contributed by atoms with van der Waals surface area (Å²) >= 11 is 0. The zero-order valence-corrected chi connectivity index (χ0v) is 12.1. The summed E-state index contributed by atoms with van der Waals surface area (Å²) < 4.78 is 1.32. The number of hydrogen-bond donors (Lipinski definition) is 1. The van der Waals surface area contributed by atoms with Crippen molar-refractivity contribution in [3.05, 3.63) is 34.2 Å². The van der Waals surface area contributed by atoms with Crippen molar-refractivity contribution >= 4 is 13.0 Å². The summed E-state index contributed by atoms with van der Waals surface area (Å²) in [7, 11) is 0.927. The lowest BCUT2D eigenvalue weighted by molar-refractivity contribution is -0.123. The monoisotopic (exact) mass is 277 g/mol. The molecule has 108 valence electrons. The number of hydrogen-bond acceptors (Lipinski definition) is 4. The highest BCUT2D eigenvalue weighted by molar-refractivity contribution is 6.46. The van der Waals surface area contributed by atoms with Crippen molar-refractivity contribution in [1.82, 2.24) is 9.49 Å². The molecule has 20 heavy (non-hydrogen) atoms. The van der Waals surface area contributed by atoms with Gasteiger partial charge in [-0.15, -0.1) is 0 Å². The maximum atomic E-state index is 12.5. The van der Waals surface area contributed by atoms with Crippen LogP contribution in [0.4, 0.5) is 0 Å². The van der Waals surface area contributed by atoms with Crippen LogP contribution in [0.3, 0.4) is 0 Å². The number of aryl methyl sites for hydroxylation is 1. The lowest BCUT2D eigenvalue weighted by atomic mass is 9.84. The van der Waals surface area contributed by atoms with Crippen LogP contribution in [0.5, 0.6) is 0 Å². The number of rotatable bonds is 3. The molecule has 0 aliphatic carbocycles. The van der Waals surface area contributed by atoms with Crippen molar-refractivity contribution in [2.24, 2.45) is 0 Å². The lowest BCUT2D eigenvalue weighted by Gasteiger charge is -2.29. The molecule has 1 aromatic rings. The molecule has 1 amide bonds. The maximum Gasteiger partial charge on any atom is 0.377 e. The lowest BCUT2D eigenvalue weighted by Crippen LogP contribution is -2.54. The molecule has 0 bridgehead atoms. The fourth-order valence-electron chi connectivity index (χ4n) is 2.65. The van der Waals surface area contributed by atoms with E-state index in [9.17, 15) is 14.6 Å². The Labute approximate surface area is 118 Å². The van der Waals surface area contributed by atoms with Crippen LogP contribution in [-0.4, -0.2) is 47.1 Å². The maximum absolute atomic E-state index is 12.5. The van der Waals surface area contributed by atoms with Crippen LogP contribution in [0.25, 0.3) is 0 Å². The molecule has 0 radical (unpaired) electrons. The molecule has 0 saturated carbocycles. The molecule has 2 rings (SSSR count). The third kappa shape index (κ3) is 2.64. The molecule has 0 spiro atoms. The van der Waals surface area contributed by atoms with Gasteiger partial charge in [0.1, 0.15) is 0 Å². The Morgan fingerprint density at radius 3 is 2.90 bits per heavy atom. The number of carbonyl (C=O) groups is 1. The van der Waals surface area contributed by atoms with Gasteiger partial charge in [-0.3, -0.25) is 9.59 Å². The van der Waals surface area contributed by atoms with Gasteiger partial charge in [0, 0.05) is 18.8 Å². The third-order valence-corrected chi connectivity index (χ3v) is 3.82. The smallest absolute Gasteiger partial charge is 0.377 e. The highest BCUT2D eigenvalue weighted by Gasteiger charge is 2.36. The Kier molecular flexibility index (Phi) is 4.30. The third-order valence-electron chi connectivity index (χ3n) is 3.82. The molecule has 1 atom stereocenters. The van der Waals surface area contributed by atoms with Crippen molar-refractivity contribution in [2.75, 3.05) is 18.6 Å². The Morgan fingerprint density at radius 2 is 2.25 bits per heavy atom. The summed E-state index contributed by atoms with van der Waals surface area (Å²) in [5.74, 6) is -0.170. The van der Waals surface area contributed by atoms with E-state index in [-0.39, 0.29) is 17.5 Å². The van der Waals surface area contributed by atoms with Crippen LogP contribution in [0.15, 0.2) is 23.1 Å². The fourth-order valence-corrected chi connectivity index (χ4v) is 2.65. The first-order valence-electron chi connectivity index (χ1n) is 6.83. The van der Waals surface area contributed by atoms with Gasteiger partial charge in [-0.05, 0) is 39.2 Å². The van der Waals surface area contributed by atoms with E-state index in [0.717, 1.165) is 6.42 Å². The van der Waals surface area contributed by atoms with Gasteiger partial charge in [-0.25, -0.2) is 9.69 Å². The Morgan fingerprint density at radius 1 is 1.55 bits per heavy atom. The minimum atomic E-state index is -0.658. The van der Waals surface area contributed by atoms with Gasteiger partial charge < -0.3 is 9.83 Å². The zero-order chi connectivity index (χ0) is 14.9. The van der Waals surface area contributed by atoms with Gasteiger partial charge in [0.2, 0.25) is 0 Å². The largest absolute Gasteiger partial charge is 0.437 e. The molecular formula is C13H20BN3O3. The number of likely N-dealkylation sites (N-methyl/N-ethyl adjacent to an activating group) is 1. The SMILES string of the molecule is CB(O)N1CCCC1C(=O)N(C)n1cccc(C)c1=O. The molecule has 1 fully saturated rings. The van der Waals surface area contributed by atoms with Crippen LogP contribution in [0.2, 0.25) is 6.82 Å². The molecule has 1 unspecified atom stereocenters. The van der Waals surface area contributed by atoms with Crippen molar-refractivity contribution in [3.8, 4) is 0 Å². The molecule has 1 N–H and O–H groups in total. The molecule has 2 heterocycles. The number of nitrogens with zero attached hydrogens (tertiary/aromatic N) is 3. The highest BCUT2D eigenvalue weighted by atomic mass is 16.2. The average molecular weight is 277 g/mol. The summed E-state index contributed by atoms with van der Waals surface area (Å²) in [6.07, 6.45) is 3.15. The number of carbonyl (C=O) groups excluding carboxylic acids is 1. The summed E-state index contributed by atoms with van der Waals surface area (Å²) in [5.41, 5.74) is 0.385. The van der Waals surface area contributed by atoms with Crippen LogP contribution in [-0.2, 0) is 4.79 Å². The number of aromatic nitrogens is 1. The van der Waals surface area contributed by atoms with Gasteiger partial charge in [-0.2, -0.15) is 0 Å². The molecule has 1 aromatic heterocycles. The average Bonchev–Trinajstić information content (AvgIpc) is 2.89. The first-order chi connectivity index (χ1) is 9.43. The number of pyridine rings is 1. The Balaban J connectivity index is 2.25. The summed E-state index contributed by atoms with van der Waals surface area (Å²) in [6.45, 7) is 4.07.